The number of nitrogens with one attached hydrogen (secondary N) is 1. The van der Waals surface area contributed by atoms with E-state index < -0.39 is 15.8 Å². The third-order valence-corrected chi connectivity index (χ3v) is 4.26. The van der Waals surface area contributed by atoms with E-state index in [2.05, 4.69) is 25.6 Å². The van der Waals surface area contributed by atoms with Gasteiger partial charge in [-0.2, -0.15) is 0 Å². The Morgan fingerprint density at radius 3 is 2.71 bits per heavy atom. The molecule has 0 saturated heterocycles. The van der Waals surface area contributed by atoms with E-state index in [1.165, 1.54) is 30.6 Å². The second-order valence-electron chi connectivity index (χ2n) is 4.02. The predicted molar refractivity (Wildman–Crippen MR) is 80.3 cm³/mol. The highest BCUT2D eigenvalue weighted by atomic mass is 79.9. The average molecular weight is 375 g/mol. The Balaban J connectivity index is 2.27. The second kappa shape index (κ2) is 6.40. The van der Waals surface area contributed by atoms with Crippen molar-refractivity contribution < 1.29 is 17.5 Å². The molecule has 1 aromatic carbocycles. The number of nitrogens with zero attached hydrogens (tertiary/aromatic N) is 1. The van der Waals surface area contributed by atoms with Crippen molar-refractivity contribution in [3.05, 3.63) is 46.9 Å². The zero-order chi connectivity index (χ0) is 15.5. The van der Waals surface area contributed by atoms with Gasteiger partial charge in [-0.1, -0.05) is 0 Å². The van der Waals surface area contributed by atoms with Crippen molar-refractivity contribution in [3.8, 4) is 5.75 Å². The fourth-order valence-corrected chi connectivity index (χ4v) is 3.14. The Labute approximate surface area is 130 Å². The van der Waals surface area contributed by atoms with Crippen molar-refractivity contribution in [1.29, 1.82) is 0 Å². The lowest BCUT2D eigenvalue weighted by Gasteiger charge is -2.10. The van der Waals surface area contributed by atoms with Gasteiger partial charge in [0.05, 0.1) is 12.3 Å². The Morgan fingerprint density at radius 2 is 2.10 bits per heavy atom. The summed E-state index contributed by atoms with van der Waals surface area (Å²) in [5.41, 5.74) is 0.107. The number of hydrogen-bond acceptors (Lipinski definition) is 4. The van der Waals surface area contributed by atoms with Crippen molar-refractivity contribution in [2.75, 3.05) is 11.3 Å². The van der Waals surface area contributed by atoms with Gasteiger partial charge in [-0.25, -0.2) is 12.8 Å². The number of halogens is 2. The van der Waals surface area contributed by atoms with Crippen molar-refractivity contribution >= 4 is 31.6 Å². The van der Waals surface area contributed by atoms with Crippen LogP contribution in [0.1, 0.15) is 6.92 Å². The molecular formula is C13H12BrFN2O3S. The highest BCUT2D eigenvalue weighted by molar-refractivity contribution is 9.10. The molecule has 0 aliphatic rings. The van der Waals surface area contributed by atoms with Gasteiger partial charge in [0.25, 0.3) is 10.0 Å². The molecule has 1 heterocycles. The van der Waals surface area contributed by atoms with Crippen LogP contribution in [0, 0.1) is 5.82 Å². The maximum atomic E-state index is 13.7. The van der Waals surface area contributed by atoms with Crippen molar-refractivity contribution in [1.82, 2.24) is 4.98 Å². The summed E-state index contributed by atoms with van der Waals surface area (Å²) in [6.45, 7) is 2.06. The normalized spacial score (nSPS) is 11.2. The van der Waals surface area contributed by atoms with Gasteiger partial charge in [0, 0.05) is 22.9 Å². The van der Waals surface area contributed by atoms with Crippen LogP contribution in [0.25, 0.3) is 0 Å². The van der Waals surface area contributed by atoms with Crippen LogP contribution in [0.5, 0.6) is 5.75 Å². The number of rotatable bonds is 5. The van der Waals surface area contributed by atoms with Crippen LogP contribution in [-0.4, -0.2) is 20.0 Å². The fraction of sp³-hybridized carbons (Fsp3) is 0.154. The lowest BCUT2D eigenvalue weighted by molar-refractivity contribution is 0.321. The molecule has 8 heteroatoms. The van der Waals surface area contributed by atoms with Crippen LogP contribution in [0.4, 0.5) is 10.1 Å². The van der Waals surface area contributed by atoms with Crippen LogP contribution in [0.2, 0.25) is 0 Å². The molecule has 0 aliphatic carbocycles. The first kappa shape index (κ1) is 15.7. The molecule has 0 saturated carbocycles. The maximum Gasteiger partial charge on any atom is 0.263 e. The molecule has 2 rings (SSSR count). The van der Waals surface area contributed by atoms with E-state index in [1.54, 1.807) is 6.92 Å². The van der Waals surface area contributed by atoms with E-state index >= 15 is 0 Å². The van der Waals surface area contributed by atoms with E-state index in [0.717, 1.165) is 6.07 Å². The minimum Gasteiger partial charge on any atom is -0.491 e. The summed E-state index contributed by atoms with van der Waals surface area (Å²) in [7, 11) is -3.83. The standard InChI is InChI=1S/C13H12BrFN2O3S/c1-2-20-13-4-3-10(6-12(13)15)17-21(18,19)11-5-9(14)7-16-8-11/h3-8,17H,2H2,1H3. The molecule has 0 bridgehead atoms. The lowest BCUT2D eigenvalue weighted by Crippen LogP contribution is -2.13. The number of benzene rings is 1. The summed E-state index contributed by atoms with van der Waals surface area (Å²) in [6.07, 6.45) is 2.67. The van der Waals surface area contributed by atoms with Crippen LogP contribution in [0.3, 0.4) is 0 Å². The quantitative estimate of drug-likeness (QED) is 0.872. The molecule has 112 valence electrons. The Morgan fingerprint density at radius 1 is 1.33 bits per heavy atom. The summed E-state index contributed by atoms with van der Waals surface area (Å²) in [5.74, 6) is -0.561. The number of pyridine rings is 1. The number of anilines is 1. The number of aromatic nitrogens is 1. The Hall–Kier alpha value is -1.67. The number of ether oxygens (including phenoxy) is 1. The highest BCUT2D eigenvalue weighted by Gasteiger charge is 2.16. The average Bonchev–Trinajstić information content (AvgIpc) is 2.42. The monoisotopic (exact) mass is 374 g/mol. The molecule has 5 nitrogen and oxygen atoms in total. The summed E-state index contributed by atoms with van der Waals surface area (Å²) in [6, 6.07) is 5.26. The summed E-state index contributed by atoms with van der Waals surface area (Å²) in [5, 5.41) is 0. The zero-order valence-electron chi connectivity index (χ0n) is 11.0. The molecule has 0 unspecified atom stereocenters. The van der Waals surface area contributed by atoms with E-state index in [1.807, 2.05) is 0 Å². The van der Waals surface area contributed by atoms with Crippen molar-refractivity contribution in [2.24, 2.45) is 0 Å². The number of sulfonamides is 1. The molecule has 0 amide bonds. The SMILES string of the molecule is CCOc1ccc(NS(=O)(=O)c2cncc(Br)c2)cc1F. The minimum absolute atomic E-state index is 0.0221. The maximum absolute atomic E-state index is 13.7. The van der Waals surface area contributed by atoms with Gasteiger partial charge in [-0.3, -0.25) is 9.71 Å². The van der Waals surface area contributed by atoms with Gasteiger partial charge in [0.1, 0.15) is 4.90 Å². The van der Waals surface area contributed by atoms with Gasteiger partial charge < -0.3 is 4.74 Å². The van der Waals surface area contributed by atoms with Gasteiger partial charge in [0.2, 0.25) is 0 Å². The molecule has 0 fully saturated rings. The molecule has 0 aliphatic heterocycles. The molecule has 0 spiro atoms. The van der Waals surface area contributed by atoms with Crippen LogP contribution in [-0.2, 0) is 10.0 Å². The second-order valence-corrected chi connectivity index (χ2v) is 6.62. The van der Waals surface area contributed by atoms with Crippen LogP contribution in [0.15, 0.2) is 46.0 Å². The molecule has 1 aromatic heterocycles. The van der Waals surface area contributed by atoms with Gasteiger partial charge in [0.15, 0.2) is 11.6 Å². The fourth-order valence-electron chi connectivity index (χ4n) is 1.59. The Bertz CT molecular complexity index is 753. The van der Waals surface area contributed by atoms with Gasteiger partial charge in [-0.05, 0) is 41.1 Å². The van der Waals surface area contributed by atoms with E-state index in [4.69, 9.17) is 4.74 Å². The topological polar surface area (TPSA) is 68.3 Å². The molecular weight excluding hydrogens is 363 g/mol. The summed E-state index contributed by atoms with van der Waals surface area (Å²) < 4.78 is 45.9. The Kier molecular flexibility index (Phi) is 4.79. The highest BCUT2D eigenvalue weighted by Crippen LogP contribution is 2.23. The first-order valence-electron chi connectivity index (χ1n) is 5.98. The summed E-state index contributed by atoms with van der Waals surface area (Å²) >= 11 is 3.15. The molecule has 1 N–H and O–H groups in total. The largest absolute Gasteiger partial charge is 0.491 e. The van der Waals surface area contributed by atoms with Crippen molar-refractivity contribution in [3.63, 3.8) is 0 Å². The third kappa shape index (κ3) is 3.92. The summed E-state index contributed by atoms with van der Waals surface area (Å²) in [4.78, 5) is 3.77. The van der Waals surface area contributed by atoms with Gasteiger partial charge in [-0.15, -0.1) is 0 Å². The lowest BCUT2D eigenvalue weighted by atomic mass is 10.3. The first-order chi connectivity index (χ1) is 9.92. The molecule has 2 aromatic rings. The van der Waals surface area contributed by atoms with Crippen LogP contribution < -0.4 is 9.46 Å². The molecule has 21 heavy (non-hydrogen) atoms. The van der Waals surface area contributed by atoms with E-state index in [9.17, 15) is 12.8 Å². The minimum atomic E-state index is -3.83. The van der Waals surface area contributed by atoms with Crippen LogP contribution >= 0.6 is 15.9 Å². The van der Waals surface area contributed by atoms with Crippen molar-refractivity contribution in [2.45, 2.75) is 11.8 Å². The third-order valence-electron chi connectivity index (χ3n) is 2.47. The first-order valence-corrected chi connectivity index (χ1v) is 8.25. The van der Waals surface area contributed by atoms with E-state index in [-0.39, 0.29) is 16.3 Å². The molecule has 0 radical (unpaired) electrons. The molecule has 0 atom stereocenters. The van der Waals surface area contributed by atoms with Gasteiger partial charge >= 0.3 is 0 Å². The zero-order valence-corrected chi connectivity index (χ0v) is 13.4. The predicted octanol–water partition coefficient (Wildman–Crippen LogP) is 3.18. The number of hydrogen-bond donors (Lipinski definition) is 1. The van der Waals surface area contributed by atoms with E-state index in [0.29, 0.717) is 11.1 Å². The smallest absolute Gasteiger partial charge is 0.263 e.